The molecule has 0 bridgehead atoms. The average Bonchev–Trinajstić information content (AvgIpc) is 2.97. The molecule has 1 fully saturated rings. The molecule has 1 aliphatic rings. The van der Waals surface area contributed by atoms with Crippen LogP contribution in [-0.4, -0.2) is 61.9 Å². The van der Waals surface area contributed by atoms with Crippen LogP contribution in [0.25, 0.3) is 0 Å². The van der Waals surface area contributed by atoms with Gasteiger partial charge >= 0.3 is 6.03 Å². The van der Waals surface area contributed by atoms with E-state index in [4.69, 9.17) is 0 Å². The van der Waals surface area contributed by atoms with Gasteiger partial charge in [-0.15, -0.1) is 0 Å². The van der Waals surface area contributed by atoms with Crippen molar-refractivity contribution in [3.05, 3.63) is 23.8 Å². The van der Waals surface area contributed by atoms with Crippen LogP contribution in [0.1, 0.15) is 19.8 Å². The number of rotatable bonds is 6. The van der Waals surface area contributed by atoms with E-state index in [1.54, 1.807) is 16.7 Å². The van der Waals surface area contributed by atoms with Crippen LogP contribution in [0, 0.1) is 11.6 Å². The van der Waals surface area contributed by atoms with Gasteiger partial charge in [0, 0.05) is 31.9 Å². The number of likely N-dealkylation sites (N-methyl/N-ethyl adjacent to an activating group) is 1. The fourth-order valence-corrected chi connectivity index (χ4v) is 3.06. The van der Waals surface area contributed by atoms with Gasteiger partial charge in [-0.05, 0) is 46.0 Å². The quantitative estimate of drug-likeness (QED) is 0.729. The lowest BCUT2D eigenvalue weighted by molar-refractivity contribution is 0.0364. The van der Waals surface area contributed by atoms with Crippen LogP contribution in [-0.2, 0) is 0 Å². The van der Waals surface area contributed by atoms with Crippen molar-refractivity contribution in [2.24, 2.45) is 0 Å². The second-order valence-corrected chi connectivity index (χ2v) is 7.03. The summed E-state index contributed by atoms with van der Waals surface area (Å²) in [4.78, 5) is 15.4. The molecule has 0 aliphatic carbocycles. The fourth-order valence-electron chi connectivity index (χ4n) is 3.06. The maximum atomic E-state index is 14.2. The number of amides is 2. The Hall–Kier alpha value is -1.93. The van der Waals surface area contributed by atoms with Crippen molar-refractivity contribution in [2.75, 3.05) is 50.5 Å². The van der Waals surface area contributed by atoms with Crippen molar-refractivity contribution in [1.29, 1.82) is 0 Å². The molecular weight excluding hydrogens is 330 g/mol. The largest absolute Gasteiger partial charge is 0.387 e. The SMILES string of the molecule is CN(C)CC(C)(O)CNC(=O)Nc1cc(F)c(N2CCCC2)c(F)c1. The van der Waals surface area contributed by atoms with Crippen LogP contribution in [0.4, 0.5) is 25.0 Å². The highest BCUT2D eigenvalue weighted by atomic mass is 19.1. The number of anilines is 2. The van der Waals surface area contributed by atoms with Crippen molar-refractivity contribution in [3.8, 4) is 0 Å². The topological polar surface area (TPSA) is 67.8 Å². The summed E-state index contributed by atoms with van der Waals surface area (Å²) < 4.78 is 28.5. The van der Waals surface area contributed by atoms with E-state index in [2.05, 4.69) is 10.6 Å². The van der Waals surface area contributed by atoms with Gasteiger partial charge in [-0.1, -0.05) is 0 Å². The van der Waals surface area contributed by atoms with E-state index < -0.39 is 23.3 Å². The van der Waals surface area contributed by atoms with Crippen molar-refractivity contribution in [3.63, 3.8) is 0 Å². The molecule has 3 N–H and O–H groups in total. The molecule has 2 amide bonds. The number of hydrogen-bond acceptors (Lipinski definition) is 4. The van der Waals surface area contributed by atoms with Crippen LogP contribution in [0.2, 0.25) is 0 Å². The summed E-state index contributed by atoms with van der Waals surface area (Å²) in [7, 11) is 3.62. The maximum Gasteiger partial charge on any atom is 0.319 e. The molecule has 25 heavy (non-hydrogen) atoms. The Morgan fingerprint density at radius 1 is 1.28 bits per heavy atom. The highest BCUT2D eigenvalue weighted by molar-refractivity contribution is 5.89. The van der Waals surface area contributed by atoms with Crippen LogP contribution >= 0.6 is 0 Å². The average molecular weight is 356 g/mol. The van der Waals surface area contributed by atoms with Gasteiger partial charge in [0.2, 0.25) is 0 Å². The summed E-state index contributed by atoms with van der Waals surface area (Å²) >= 11 is 0. The summed E-state index contributed by atoms with van der Waals surface area (Å²) in [6.45, 7) is 3.22. The number of aliphatic hydroxyl groups is 1. The Balaban J connectivity index is 1.97. The zero-order valence-electron chi connectivity index (χ0n) is 14.9. The van der Waals surface area contributed by atoms with Gasteiger partial charge in [0.15, 0.2) is 11.6 Å². The Morgan fingerprint density at radius 2 is 1.84 bits per heavy atom. The molecule has 140 valence electrons. The summed E-state index contributed by atoms with van der Waals surface area (Å²) in [5.41, 5.74) is -1.13. The second-order valence-electron chi connectivity index (χ2n) is 7.03. The van der Waals surface area contributed by atoms with Gasteiger partial charge in [-0.2, -0.15) is 0 Å². The van der Waals surface area contributed by atoms with E-state index >= 15 is 0 Å². The Labute approximate surface area is 146 Å². The standard InChI is InChI=1S/C17H26F2N4O2/c1-17(25,11-22(2)3)10-20-16(24)21-12-8-13(18)15(14(19)9-12)23-6-4-5-7-23/h8-9,25H,4-7,10-11H2,1-3H3,(H2,20,21,24). The Bertz CT molecular complexity index is 594. The number of nitrogens with zero attached hydrogens (tertiary/aromatic N) is 2. The molecule has 1 saturated heterocycles. The lowest BCUT2D eigenvalue weighted by Crippen LogP contribution is -2.48. The first-order valence-corrected chi connectivity index (χ1v) is 8.34. The predicted molar refractivity (Wildman–Crippen MR) is 94.0 cm³/mol. The van der Waals surface area contributed by atoms with Gasteiger partial charge in [-0.3, -0.25) is 0 Å². The number of hydrogen-bond donors (Lipinski definition) is 3. The number of halogens is 2. The van der Waals surface area contributed by atoms with Gasteiger partial charge in [-0.25, -0.2) is 13.6 Å². The minimum Gasteiger partial charge on any atom is -0.387 e. The molecular formula is C17H26F2N4O2. The summed E-state index contributed by atoms with van der Waals surface area (Å²) in [5, 5.41) is 15.0. The van der Waals surface area contributed by atoms with E-state index in [0.29, 0.717) is 19.6 Å². The van der Waals surface area contributed by atoms with Crippen molar-refractivity contribution in [2.45, 2.75) is 25.4 Å². The molecule has 1 aliphatic heterocycles. The zero-order valence-corrected chi connectivity index (χ0v) is 14.9. The van der Waals surface area contributed by atoms with E-state index in [1.165, 1.54) is 0 Å². The maximum absolute atomic E-state index is 14.2. The molecule has 0 aromatic heterocycles. The molecule has 0 radical (unpaired) electrons. The molecule has 0 spiro atoms. The lowest BCUT2D eigenvalue weighted by atomic mass is 10.1. The van der Waals surface area contributed by atoms with E-state index in [-0.39, 0.29) is 17.9 Å². The van der Waals surface area contributed by atoms with E-state index in [1.807, 2.05) is 14.1 Å². The number of benzene rings is 1. The van der Waals surface area contributed by atoms with Crippen LogP contribution < -0.4 is 15.5 Å². The monoisotopic (exact) mass is 356 g/mol. The highest BCUT2D eigenvalue weighted by Crippen LogP contribution is 2.29. The predicted octanol–water partition coefficient (Wildman–Crippen LogP) is 2.00. The van der Waals surface area contributed by atoms with Gasteiger partial charge in [0.05, 0.1) is 5.60 Å². The Morgan fingerprint density at radius 3 is 2.36 bits per heavy atom. The highest BCUT2D eigenvalue weighted by Gasteiger charge is 2.23. The first kappa shape index (κ1) is 19.4. The second kappa shape index (κ2) is 7.97. The molecule has 1 heterocycles. The number of urea groups is 1. The molecule has 2 rings (SSSR count). The third-order valence-electron chi connectivity index (χ3n) is 3.98. The van der Waals surface area contributed by atoms with Crippen molar-refractivity contribution < 1.29 is 18.7 Å². The molecule has 1 atom stereocenters. The van der Waals surface area contributed by atoms with Crippen molar-refractivity contribution >= 4 is 17.4 Å². The van der Waals surface area contributed by atoms with E-state index in [9.17, 15) is 18.7 Å². The third-order valence-corrected chi connectivity index (χ3v) is 3.98. The van der Waals surface area contributed by atoms with Crippen LogP contribution in [0.15, 0.2) is 12.1 Å². The molecule has 1 unspecified atom stereocenters. The lowest BCUT2D eigenvalue weighted by Gasteiger charge is -2.27. The zero-order chi connectivity index (χ0) is 18.6. The number of carbonyl (C=O) groups is 1. The minimum atomic E-state index is -1.11. The summed E-state index contributed by atoms with van der Waals surface area (Å²) in [6, 6.07) is 1.58. The summed E-state index contributed by atoms with van der Waals surface area (Å²) in [6.07, 6.45) is 1.82. The van der Waals surface area contributed by atoms with Gasteiger partial charge in [0.25, 0.3) is 0 Å². The van der Waals surface area contributed by atoms with Crippen LogP contribution in [0.5, 0.6) is 0 Å². The molecule has 1 aromatic carbocycles. The normalized spacial score (nSPS) is 16.8. The smallest absolute Gasteiger partial charge is 0.319 e. The van der Waals surface area contributed by atoms with Gasteiger partial charge < -0.3 is 25.5 Å². The first-order chi connectivity index (χ1) is 11.7. The molecule has 1 aromatic rings. The fraction of sp³-hybridized carbons (Fsp3) is 0.588. The van der Waals surface area contributed by atoms with Crippen LogP contribution in [0.3, 0.4) is 0 Å². The van der Waals surface area contributed by atoms with E-state index in [0.717, 1.165) is 25.0 Å². The summed E-state index contributed by atoms with van der Waals surface area (Å²) in [5.74, 6) is -1.39. The molecule has 6 nitrogen and oxygen atoms in total. The van der Waals surface area contributed by atoms with Crippen molar-refractivity contribution in [1.82, 2.24) is 10.2 Å². The Kier molecular flexibility index (Phi) is 6.18. The third kappa shape index (κ3) is 5.54. The number of nitrogens with one attached hydrogen (secondary N) is 2. The molecule has 8 heteroatoms. The number of carbonyl (C=O) groups excluding carboxylic acids is 1. The minimum absolute atomic E-state index is 0.00778. The first-order valence-electron chi connectivity index (χ1n) is 8.34. The molecule has 0 saturated carbocycles. The van der Waals surface area contributed by atoms with Gasteiger partial charge in [0.1, 0.15) is 5.69 Å².